The van der Waals surface area contributed by atoms with E-state index in [4.69, 9.17) is 27.9 Å². The standard InChI is InChI=1S/C19H14Cl2N2O5/c20-11-5-6-15(14(21)9-11)22-16(24)10-28-17(25)7-8-23-18(26)12-3-1-2-4-13(12)19(23)27/h1-6,9H,7-8,10H2,(H,22,24). The quantitative estimate of drug-likeness (QED) is 0.572. The summed E-state index contributed by atoms with van der Waals surface area (Å²) in [4.78, 5) is 49.1. The number of hydrogen-bond donors (Lipinski definition) is 1. The number of halogens is 2. The van der Waals surface area contributed by atoms with Crippen LogP contribution in [0.25, 0.3) is 0 Å². The number of esters is 1. The van der Waals surface area contributed by atoms with Crippen LogP contribution in [0.2, 0.25) is 10.0 Å². The van der Waals surface area contributed by atoms with Gasteiger partial charge in [-0.3, -0.25) is 24.1 Å². The van der Waals surface area contributed by atoms with Gasteiger partial charge in [0.1, 0.15) is 0 Å². The third-order valence-corrected chi connectivity index (χ3v) is 4.53. The number of ether oxygens (including phenoxy) is 1. The highest BCUT2D eigenvalue weighted by atomic mass is 35.5. The first-order chi connectivity index (χ1) is 13.4. The molecule has 3 rings (SSSR count). The molecule has 28 heavy (non-hydrogen) atoms. The summed E-state index contributed by atoms with van der Waals surface area (Å²) in [5.41, 5.74) is 0.943. The number of carbonyl (C=O) groups is 4. The summed E-state index contributed by atoms with van der Waals surface area (Å²) in [5.74, 6) is -2.21. The van der Waals surface area contributed by atoms with Crippen molar-refractivity contribution in [3.05, 3.63) is 63.6 Å². The van der Waals surface area contributed by atoms with Gasteiger partial charge in [-0.2, -0.15) is 0 Å². The second-order valence-electron chi connectivity index (χ2n) is 5.89. The maximum absolute atomic E-state index is 12.2. The van der Waals surface area contributed by atoms with Gasteiger partial charge in [-0.05, 0) is 30.3 Å². The summed E-state index contributed by atoms with van der Waals surface area (Å²) in [5, 5.41) is 3.16. The van der Waals surface area contributed by atoms with Crippen molar-refractivity contribution in [1.29, 1.82) is 0 Å². The SMILES string of the molecule is O=C(COC(=O)CCN1C(=O)c2ccccc2C1=O)Nc1ccc(Cl)cc1Cl. The number of amides is 3. The topological polar surface area (TPSA) is 92.8 Å². The molecule has 1 N–H and O–H groups in total. The predicted molar refractivity (Wildman–Crippen MR) is 102 cm³/mol. The van der Waals surface area contributed by atoms with Crippen molar-refractivity contribution >= 4 is 52.6 Å². The van der Waals surface area contributed by atoms with Crippen LogP contribution in [-0.4, -0.2) is 41.7 Å². The van der Waals surface area contributed by atoms with Crippen molar-refractivity contribution in [2.75, 3.05) is 18.5 Å². The van der Waals surface area contributed by atoms with Crippen molar-refractivity contribution in [3.63, 3.8) is 0 Å². The van der Waals surface area contributed by atoms with Crippen LogP contribution in [0.1, 0.15) is 27.1 Å². The van der Waals surface area contributed by atoms with Gasteiger partial charge in [0.2, 0.25) is 0 Å². The van der Waals surface area contributed by atoms with Gasteiger partial charge in [-0.25, -0.2) is 0 Å². The zero-order chi connectivity index (χ0) is 20.3. The lowest BCUT2D eigenvalue weighted by Crippen LogP contribution is -2.32. The van der Waals surface area contributed by atoms with E-state index in [0.29, 0.717) is 21.8 Å². The molecule has 144 valence electrons. The number of rotatable bonds is 6. The van der Waals surface area contributed by atoms with Crippen LogP contribution in [0.4, 0.5) is 5.69 Å². The fraction of sp³-hybridized carbons (Fsp3) is 0.158. The molecule has 0 atom stereocenters. The Morgan fingerprint density at radius 3 is 2.25 bits per heavy atom. The first-order valence-electron chi connectivity index (χ1n) is 8.22. The molecular formula is C19H14Cl2N2O5. The molecular weight excluding hydrogens is 407 g/mol. The van der Waals surface area contributed by atoms with Crippen LogP contribution >= 0.6 is 23.2 Å². The smallest absolute Gasteiger partial charge is 0.308 e. The van der Waals surface area contributed by atoms with E-state index in [9.17, 15) is 19.2 Å². The summed E-state index contributed by atoms with van der Waals surface area (Å²) in [7, 11) is 0. The van der Waals surface area contributed by atoms with Crippen LogP contribution < -0.4 is 5.32 Å². The highest BCUT2D eigenvalue weighted by Gasteiger charge is 2.35. The molecule has 7 nitrogen and oxygen atoms in total. The molecule has 0 aliphatic carbocycles. The van der Waals surface area contributed by atoms with Crippen LogP contribution in [-0.2, 0) is 14.3 Å². The maximum atomic E-state index is 12.2. The van der Waals surface area contributed by atoms with Crippen molar-refractivity contribution in [3.8, 4) is 0 Å². The van der Waals surface area contributed by atoms with E-state index in [-0.39, 0.29) is 18.0 Å². The highest BCUT2D eigenvalue weighted by molar-refractivity contribution is 6.36. The lowest BCUT2D eigenvalue weighted by atomic mass is 10.1. The number of carbonyl (C=O) groups excluding carboxylic acids is 4. The molecule has 3 amide bonds. The van der Waals surface area contributed by atoms with E-state index in [1.165, 1.54) is 12.1 Å². The maximum Gasteiger partial charge on any atom is 0.308 e. The lowest BCUT2D eigenvalue weighted by Gasteiger charge is -2.13. The van der Waals surface area contributed by atoms with Gasteiger partial charge in [-0.15, -0.1) is 0 Å². The Morgan fingerprint density at radius 1 is 1.00 bits per heavy atom. The zero-order valence-electron chi connectivity index (χ0n) is 14.4. The number of hydrogen-bond acceptors (Lipinski definition) is 5. The molecule has 0 bridgehead atoms. The van der Waals surface area contributed by atoms with Crippen LogP contribution in [0.5, 0.6) is 0 Å². The number of fused-ring (bicyclic) bond motifs is 1. The Kier molecular flexibility index (Phi) is 5.96. The number of imide groups is 1. The molecule has 0 unspecified atom stereocenters. The molecule has 2 aromatic rings. The van der Waals surface area contributed by atoms with E-state index in [1.54, 1.807) is 30.3 Å². The molecule has 0 radical (unpaired) electrons. The zero-order valence-corrected chi connectivity index (χ0v) is 15.9. The van der Waals surface area contributed by atoms with Gasteiger partial charge in [0.15, 0.2) is 6.61 Å². The number of benzene rings is 2. The van der Waals surface area contributed by atoms with E-state index in [2.05, 4.69) is 5.32 Å². The summed E-state index contributed by atoms with van der Waals surface area (Å²) in [6.45, 7) is -0.657. The molecule has 9 heteroatoms. The van der Waals surface area contributed by atoms with Crippen molar-refractivity contribution < 1.29 is 23.9 Å². The normalized spacial score (nSPS) is 12.7. The van der Waals surface area contributed by atoms with Crippen LogP contribution in [0.3, 0.4) is 0 Å². The fourth-order valence-electron chi connectivity index (χ4n) is 2.64. The molecule has 1 heterocycles. The number of nitrogens with one attached hydrogen (secondary N) is 1. The Bertz CT molecular complexity index is 942. The third kappa shape index (κ3) is 4.32. The Balaban J connectivity index is 1.47. The molecule has 1 aliphatic heterocycles. The lowest BCUT2D eigenvalue weighted by molar-refractivity contribution is -0.147. The average Bonchev–Trinajstić information content (AvgIpc) is 2.91. The van der Waals surface area contributed by atoms with Crippen molar-refractivity contribution in [2.24, 2.45) is 0 Å². The predicted octanol–water partition coefficient (Wildman–Crippen LogP) is 3.16. The largest absolute Gasteiger partial charge is 0.456 e. The number of nitrogens with zero attached hydrogens (tertiary/aromatic N) is 1. The fourth-order valence-corrected chi connectivity index (χ4v) is 3.10. The molecule has 1 aliphatic rings. The molecule has 2 aromatic carbocycles. The first kappa shape index (κ1) is 19.9. The van der Waals surface area contributed by atoms with E-state index in [1.807, 2.05) is 0 Å². The second-order valence-corrected chi connectivity index (χ2v) is 6.73. The van der Waals surface area contributed by atoms with Crippen molar-refractivity contribution in [1.82, 2.24) is 4.90 Å². The van der Waals surface area contributed by atoms with Crippen LogP contribution in [0.15, 0.2) is 42.5 Å². The second kappa shape index (κ2) is 8.41. The minimum atomic E-state index is -0.714. The van der Waals surface area contributed by atoms with Gasteiger partial charge >= 0.3 is 5.97 Å². The Labute approximate surface area is 170 Å². The van der Waals surface area contributed by atoms with Gasteiger partial charge in [0, 0.05) is 11.6 Å². The monoisotopic (exact) mass is 420 g/mol. The Hall–Kier alpha value is -2.90. The minimum Gasteiger partial charge on any atom is -0.456 e. The number of anilines is 1. The van der Waals surface area contributed by atoms with E-state index < -0.39 is 30.3 Å². The molecule has 0 saturated heterocycles. The van der Waals surface area contributed by atoms with Gasteiger partial charge in [0.25, 0.3) is 17.7 Å². The molecule has 0 saturated carbocycles. The van der Waals surface area contributed by atoms with Crippen LogP contribution in [0, 0.1) is 0 Å². The minimum absolute atomic E-state index is 0.129. The van der Waals surface area contributed by atoms with E-state index >= 15 is 0 Å². The van der Waals surface area contributed by atoms with Gasteiger partial charge in [0.05, 0.1) is 28.3 Å². The average molecular weight is 421 g/mol. The molecule has 0 fully saturated rings. The summed E-state index contributed by atoms with van der Waals surface area (Å²) in [6.07, 6.45) is -0.222. The van der Waals surface area contributed by atoms with Gasteiger partial charge < -0.3 is 10.1 Å². The van der Waals surface area contributed by atoms with Crippen molar-refractivity contribution in [2.45, 2.75) is 6.42 Å². The molecule has 0 aromatic heterocycles. The third-order valence-electron chi connectivity index (χ3n) is 3.99. The summed E-state index contributed by atoms with van der Waals surface area (Å²) in [6, 6.07) is 11.0. The van der Waals surface area contributed by atoms with E-state index in [0.717, 1.165) is 4.90 Å². The van der Waals surface area contributed by atoms with Gasteiger partial charge in [-0.1, -0.05) is 35.3 Å². The first-order valence-corrected chi connectivity index (χ1v) is 8.98. The molecule has 0 spiro atoms. The Morgan fingerprint density at radius 2 is 1.64 bits per heavy atom. The highest BCUT2D eigenvalue weighted by Crippen LogP contribution is 2.25. The summed E-state index contributed by atoms with van der Waals surface area (Å²) >= 11 is 11.7. The summed E-state index contributed by atoms with van der Waals surface area (Å²) < 4.78 is 4.88.